The van der Waals surface area contributed by atoms with Gasteiger partial charge in [0.1, 0.15) is 0 Å². The molecule has 4 atom stereocenters. The summed E-state index contributed by atoms with van der Waals surface area (Å²) in [6, 6.07) is 1.29. The Morgan fingerprint density at radius 1 is 1.32 bits per heavy atom. The Labute approximate surface area is 133 Å². The van der Waals surface area contributed by atoms with E-state index in [1.54, 1.807) is 5.57 Å². The molecule has 4 rings (SSSR count). The number of likely N-dealkylation sites (tertiary alicyclic amines) is 1. The zero-order chi connectivity index (χ0) is 15.1. The van der Waals surface area contributed by atoms with Crippen molar-refractivity contribution in [1.82, 2.24) is 9.80 Å². The van der Waals surface area contributed by atoms with Crippen LogP contribution in [-0.4, -0.2) is 61.1 Å². The Morgan fingerprint density at radius 2 is 2.23 bits per heavy atom. The number of hydrogen-bond donors (Lipinski definition) is 0. The van der Waals surface area contributed by atoms with Crippen LogP contribution >= 0.6 is 0 Å². The molecule has 0 N–H and O–H groups in total. The summed E-state index contributed by atoms with van der Waals surface area (Å²) in [5, 5.41) is 0. The number of carbonyl (C=O) groups is 1. The van der Waals surface area contributed by atoms with Crippen molar-refractivity contribution >= 4 is 5.97 Å². The highest BCUT2D eigenvalue weighted by Gasteiger charge is 2.46. The number of methoxy groups -OCH3 is 1. The molecule has 2 bridgehead atoms. The van der Waals surface area contributed by atoms with Crippen LogP contribution in [0, 0.1) is 11.8 Å². The minimum absolute atomic E-state index is 0.0879. The standard InChI is InChI=1S/C18H28N2O2/c1-22-17(21)12-20-8-4-5-13-9-14-10-15(18(13)20)11-19-7-3-2-6-16(14)19/h9,14-16,18H,2-8,10-12H2,1H3. The second-order valence-electron chi connectivity index (χ2n) is 7.55. The molecule has 3 fully saturated rings. The highest BCUT2D eigenvalue weighted by atomic mass is 16.5. The Balaban J connectivity index is 1.58. The summed E-state index contributed by atoms with van der Waals surface area (Å²) in [5.74, 6) is 1.39. The summed E-state index contributed by atoms with van der Waals surface area (Å²) in [4.78, 5) is 16.9. The van der Waals surface area contributed by atoms with Crippen LogP contribution in [0.4, 0.5) is 0 Å². The van der Waals surface area contributed by atoms with E-state index >= 15 is 0 Å². The molecule has 4 nitrogen and oxygen atoms in total. The number of rotatable bonds is 2. The van der Waals surface area contributed by atoms with Gasteiger partial charge in [-0.3, -0.25) is 14.6 Å². The van der Waals surface area contributed by atoms with Gasteiger partial charge in [-0.15, -0.1) is 0 Å². The number of esters is 1. The van der Waals surface area contributed by atoms with Gasteiger partial charge < -0.3 is 4.74 Å². The summed E-state index contributed by atoms with van der Waals surface area (Å²) in [6.45, 7) is 4.02. The molecular weight excluding hydrogens is 276 g/mol. The van der Waals surface area contributed by atoms with Crippen molar-refractivity contribution in [1.29, 1.82) is 0 Å². The minimum atomic E-state index is -0.0879. The van der Waals surface area contributed by atoms with E-state index in [1.165, 1.54) is 58.7 Å². The first-order valence-corrected chi connectivity index (χ1v) is 9.02. The van der Waals surface area contributed by atoms with Crippen LogP contribution < -0.4 is 0 Å². The molecule has 4 heteroatoms. The van der Waals surface area contributed by atoms with E-state index in [2.05, 4.69) is 15.9 Å². The molecule has 1 aliphatic carbocycles. The average molecular weight is 304 g/mol. The first-order chi connectivity index (χ1) is 10.8. The first kappa shape index (κ1) is 14.7. The summed E-state index contributed by atoms with van der Waals surface area (Å²) in [6.07, 6.45) is 10.5. The van der Waals surface area contributed by atoms with Crippen molar-refractivity contribution in [2.45, 2.75) is 50.6 Å². The van der Waals surface area contributed by atoms with Crippen LogP contribution in [0.2, 0.25) is 0 Å². The fraction of sp³-hybridized carbons (Fsp3) is 0.833. The lowest BCUT2D eigenvalue weighted by Gasteiger charge is -2.54. The summed E-state index contributed by atoms with van der Waals surface area (Å²) >= 11 is 0. The average Bonchev–Trinajstić information content (AvgIpc) is 2.55. The molecule has 4 unspecified atom stereocenters. The second-order valence-corrected chi connectivity index (χ2v) is 7.55. The normalized spacial score (nSPS) is 38.7. The predicted octanol–water partition coefficient (Wildman–Crippen LogP) is 2.05. The maximum atomic E-state index is 11.8. The molecule has 0 spiro atoms. The number of piperidine rings is 3. The predicted molar refractivity (Wildman–Crippen MR) is 85.5 cm³/mol. The fourth-order valence-corrected chi connectivity index (χ4v) is 5.49. The van der Waals surface area contributed by atoms with E-state index in [4.69, 9.17) is 4.74 Å². The molecule has 22 heavy (non-hydrogen) atoms. The van der Waals surface area contributed by atoms with Gasteiger partial charge in [-0.25, -0.2) is 0 Å². The monoisotopic (exact) mass is 304 g/mol. The Hall–Kier alpha value is -0.870. The van der Waals surface area contributed by atoms with E-state index in [-0.39, 0.29) is 5.97 Å². The van der Waals surface area contributed by atoms with Gasteiger partial charge >= 0.3 is 5.97 Å². The molecular formula is C18H28N2O2. The van der Waals surface area contributed by atoms with Gasteiger partial charge in [0, 0.05) is 18.6 Å². The third kappa shape index (κ3) is 2.50. The van der Waals surface area contributed by atoms with E-state index < -0.39 is 0 Å². The largest absolute Gasteiger partial charge is 0.468 e. The van der Waals surface area contributed by atoms with Crippen molar-refractivity contribution in [3.05, 3.63) is 11.6 Å². The molecule has 0 aromatic rings. The summed E-state index contributed by atoms with van der Waals surface area (Å²) < 4.78 is 4.91. The van der Waals surface area contributed by atoms with Crippen molar-refractivity contribution in [3.63, 3.8) is 0 Å². The zero-order valence-electron chi connectivity index (χ0n) is 13.7. The van der Waals surface area contributed by atoms with Gasteiger partial charge in [-0.1, -0.05) is 18.1 Å². The van der Waals surface area contributed by atoms with Crippen LogP contribution in [0.1, 0.15) is 38.5 Å². The van der Waals surface area contributed by atoms with Crippen molar-refractivity contribution in [2.75, 3.05) is 33.3 Å². The molecule has 0 aromatic carbocycles. The topological polar surface area (TPSA) is 32.8 Å². The number of nitrogens with zero attached hydrogens (tertiary/aromatic N) is 2. The van der Waals surface area contributed by atoms with E-state index in [9.17, 15) is 4.79 Å². The van der Waals surface area contributed by atoms with E-state index in [0.29, 0.717) is 18.5 Å². The van der Waals surface area contributed by atoms with E-state index in [0.717, 1.165) is 18.5 Å². The lowest BCUT2D eigenvalue weighted by Crippen LogP contribution is -2.59. The maximum Gasteiger partial charge on any atom is 0.319 e. The van der Waals surface area contributed by atoms with Crippen LogP contribution in [0.3, 0.4) is 0 Å². The SMILES string of the molecule is COC(=O)CN1CCCC2=CC3CC(CN4CCCCC34)C21. The smallest absolute Gasteiger partial charge is 0.319 e. The van der Waals surface area contributed by atoms with Gasteiger partial charge in [0.2, 0.25) is 0 Å². The highest BCUT2D eigenvalue weighted by molar-refractivity contribution is 5.71. The molecule has 122 valence electrons. The molecule has 3 aliphatic heterocycles. The summed E-state index contributed by atoms with van der Waals surface area (Å²) in [7, 11) is 1.50. The number of hydrogen-bond acceptors (Lipinski definition) is 4. The first-order valence-electron chi connectivity index (χ1n) is 9.02. The number of carbonyl (C=O) groups excluding carboxylic acids is 1. The second kappa shape index (κ2) is 5.97. The van der Waals surface area contributed by atoms with Crippen molar-refractivity contribution in [3.8, 4) is 0 Å². The molecule has 0 amide bonds. The molecule has 3 heterocycles. The van der Waals surface area contributed by atoms with Gasteiger partial charge in [0.25, 0.3) is 0 Å². The number of ether oxygens (including phenoxy) is 1. The molecule has 3 saturated heterocycles. The molecule has 0 aromatic heterocycles. The zero-order valence-corrected chi connectivity index (χ0v) is 13.7. The van der Waals surface area contributed by atoms with Crippen LogP contribution in [0.5, 0.6) is 0 Å². The van der Waals surface area contributed by atoms with Crippen molar-refractivity contribution in [2.24, 2.45) is 11.8 Å². The van der Waals surface area contributed by atoms with E-state index in [1.807, 2.05) is 0 Å². The Bertz CT molecular complexity index is 476. The summed E-state index contributed by atoms with van der Waals surface area (Å²) in [5.41, 5.74) is 1.63. The molecule has 4 aliphatic rings. The Morgan fingerprint density at radius 3 is 3.09 bits per heavy atom. The van der Waals surface area contributed by atoms with Crippen molar-refractivity contribution < 1.29 is 9.53 Å². The highest BCUT2D eigenvalue weighted by Crippen LogP contribution is 2.44. The third-order valence-electron chi connectivity index (χ3n) is 6.32. The lowest BCUT2D eigenvalue weighted by atomic mass is 9.68. The number of fused-ring (bicyclic) bond motifs is 6. The third-order valence-corrected chi connectivity index (χ3v) is 6.32. The lowest BCUT2D eigenvalue weighted by molar-refractivity contribution is -0.143. The van der Waals surface area contributed by atoms with Crippen LogP contribution in [-0.2, 0) is 9.53 Å². The minimum Gasteiger partial charge on any atom is -0.468 e. The van der Waals surface area contributed by atoms with Crippen LogP contribution in [0.15, 0.2) is 11.6 Å². The van der Waals surface area contributed by atoms with Gasteiger partial charge in [0.15, 0.2) is 0 Å². The fourth-order valence-electron chi connectivity index (χ4n) is 5.49. The van der Waals surface area contributed by atoms with Gasteiger partial charge in [-0.2, -0.15) is 0 Å². The molecule has 0 radical (unpaired) electrons. The Kier molecular flexibility index (Phi) is 3.99. The quantitative estimate of drug-likeness (QED) is 0.577. The molecule has 0 saturated carbocycles. The maximum absolute atomic E-state index is 11.8. The van der Waals surface area contributed by atoms with Gasteiger partial charge in [-0.05, 0) is 57.0 Å². The van der Waals surface area contributed by atoms with Gasteiger partial charge in [0.05, 0.1) is 13.7 Å². The van der Waals surface area contributed by atoms with Crippen LogP contribution in [0.25, 0.3) is 0 Å².